The van der Waals surface area contributed by atoms with Gasteiger partial charge in [0.15, 0.2) is 0 Å². The molecule has 0 saturated carbocycles. The molecule has 0 radical (unpaired) electrons. The van der Waals surface area contributed by atoms with Gasteiger partial charge in [0.2, 0.25) is 15.9 Å². The highest BCUT2D eigenvalue weighted by Gasteiger charge is 2.37. The first-order valence-electron chi connectivity index (χ1n) is 7.45. The van der Waals surface area contributed by atoms with E-state index in [1.165, 1.54) is 0 Å². The Hall–Kier alpha value is -0.700. The summed E-state index contributed by atoms with van der Waals surface area (Å²) >= 11 is 0. The molecule has 0 aromatic rings. The molecule has 8 heteroatoms. The van der Waals surface area contributed by atoms with Crippen molar-refractivity contribution >= 4 is 15.9 Å². The van der Waals surface area contributed by atoms with Crippen LogP contribution in [0.1, 0.15) is 13.8 Å². The molecule has 122 valence electrons. The van der Waals surface area contributed by atoms with E-state index in [9.17, 15) is 13.2 Å². The van der Waals surface area contributed by atoms with Crippen LogP contribution in [0.5, 0.6) is 0 Å². The topological polar surface area (TPSA) is 87.7 Å². The van der Waals surface area contributed by atoms with Gasteiger partial charge in [0, 0.05) is 26.2 Å². The number of hydrogen-bond donors (Lipinski definition) is 2. The number of nitrogens with one attached hydrogen (secondary N) is 2. The number of amides is 1. The van der Waals surface area contributed by atoms with Crippen LogP contribution >= 0.6 is 0 Å². The lowest BCUT2D eigenvalue weighted by Gasteiger charge is -2.18. The molecule has 1 amide bonds. The van der Waals surface area contributed by atoms with Crippen molar-refractivity contribution in [3.8, 4) is 0 Å². The fourth-order valence-corrected chi connectivity index (χ4v) is 3.61. The standard InChI is InChI=1S/C13H25N3O4S/c1-10(2)20-3-4-21(18,19)15-7-13(17)16-8-11-5-14-6-12(11)9-16/h10-12,14-15H,3-9H2,1-2H3/t11-,12+. The number of hydrogen-bond acceptors (Lipinski definition) is 5. The van der Waals surface area contributed by atoms with E-state index >= 15 is 0 Å². The molecule has 2 heterocycles. The Morgan fingerprint density at radius 2 is 1.95 bits per heavy atom. The summed E-state index contributed by atoms with van der Waals surface area (Å²) in [5.41, 5.74) is 0. The molecule has 2 atom stereocenters. The van der Waals surface area contributed by atoms with Crippen LogP contribution in [0.15, 0.2) is 0 Å². The molecule has 0 aliphatic carbocycles. The molecule has 21 heavy (non-hydrogen) atoms. The van der Waals surface area contributed by atoms with Gasteiger partial charge in [0.25, 0.3) is 0 Å². The number of nitrogens with zero attached hydrogens (tertiary/aromatic N) is 1. The van der Waals surface area contributed by atoms with Crippen LogP contribution < -0.4 is 10.0 Å². The maximum absolute atomic E-state index is 12.1. The van der Waals surface area contributed by atoms with Crippen molar-refractivity contribution in [1.29, 1.82) is 0 Å². The molecule has 2 aliphatic rings. The van der Waals surface area contributed by atoms with E-state index in [1.54, 1.807) is 4.90 Å². The Morgan fingerprint density at radius 1 is 1.33 bits per heavy atom. The van der Waals surface area contributed by atoms with E-state index in [4.69, 9.17) is 4.74 Å². The molecule has 2 saturated heterocycles. The summed E-state index contributed by atoms with van der Waals surface area (Å²) in [7, 11) is -3.46. The fraction of sp³-hybridized carbons (Fsp3) is 0.923. The Labute approximate surface area is 126 Å². The average molecular weight is 319 g/mol. The summed E-state index contributed by atoms with van der Waals surface area (Å²) in [4.78, 5) is 13.8. The Bertz CT molecular complexity index is 454. The lowest BCUT2D eigenvalue weighted by atomic mass is 10.0. The highest BCUT2D eigenvalue weighted by molar-refractivity contribution is 7.89. The molecule has 0 spiro atoms. The molecule has 0 bridgehead atoms. The fourth-order valence-electron chi connectivity index (χ4n) is 2.81. The van der Waals surface area contributed by atoms with Crippen LogP contribution in [0.25, 0.3) is 0 Å². The second-order valence-electron chi connectivity index (χ2n) is 6.04. The lowest BCUT2D eigenvalue weighted by Crippen LogP contribution is -2.41. The molecule has 7 nitrogen and oxygen atoms in total. The second kappa shape index (κ2) is 7.04. The molecule has 0 unspecified atom stereocenters. The quantitative estimate of drug-likeness (QED) is 0.629. The number of fused-ring (bicyclic) bond motifs is 1. The highest BCUT2D eigenvalue weighted by atomic mass is 32.2. The summed E-state index contributed by atoms with van der Waals surface area (Å²) < 4.78 is 31.1. The Kier molecular flexibility index (Phi) is 5.59. The molecule has 2 rings (SSSR count). The van der Waals surface area contributed by atoms with Crippen molar-refractivity contribution in [2.75, 3.05) is 45.1 Å². The smallest absolute Gasteiger partial charge is 0.237 e. The van der Waals surface area contributed by atoms with Crippen LogP contribution in [-0.4, -0.2) is 70.4 Å². The summed E-state index contributed by atoms with van der Waals surface area (Å²) in [5.74, 6) is 0.779. The molecule has 2 aliphatic heterocycles. The van der Waals surface area contributed by atoms with Crippen LogP contribution in [0.4, 0.5) is 0 Å². The average Bonchev–Trinajstić information content (AvgIpc) is 2.95. The van der Waals surface area contributed by atoms with Gasteiger partial charge in [-0.25, -0.2) is 13.1 Å². The highest BCUT2D eigenvalue weighted by Crippen LogP contribution is 2.25. The maximum atomic E-state index is 12.1. The van der Waals surface area contributed by atoms with Crippen molar-refractivity contribution in [2.45, 2.75) is 20.0 Å². The van der Waals surface area contributed by atoms with Crippen LogP contribution in [0, 0.1) is 11.8 Å². The molecular weight excluding hydrogens is 294 g/mol. The van der Waals surface area contributed by atoms with Gasteiger partial charge in [-0.3, -0.25) is 4.79 Å². The van der Waals surface area contributed by atoms with E-state index in [2.05, 4.69) is 10.0 Å². The molecule has 0 aromatic carbocycles. The van der Waals surface area contributed by atoms with Crippen molar-refractivity contribution in [2.24, 2.45) is 11.8 Å². The SMILES string of the molecule is CC(C)OCCS(=O)(=O)NCC(=O)N1C[C@H]2CNC[C@H]2C1. The molecule has 0 aromatic heterocycles. The van der Waals surface area contributed by atoms with E-state index in [0.29, 0.717) is 11.8 Å². The normalized spacial score (nSPS) is 25.6. The zero-order valence-corrected chi connectivity index (χ0v) is 13.5. The summed E-state index contributed by atoms with van der Waals surface area (Å²) in [5, 5.41) is 3.31. The van der Waals surface area contributed by atoms with E-state index in [1.807, 2.05) is 13.8 Å². The van der Waals surface area contributed by atoms with Gasteiger partial charge in [0.05, 0.1) is 25.0 Å². The van der Waals surface area contributed by atoms with E-state index in [0.717, 1.165) is 26.2 Å². The summed E-state index contributed by atoms with van der Waals surface area (Å²) in [6, 6.07) is 0. The largest absolute Gasteiger partial charge is 0.378 e. The van der Waals surface area contributed by atoms with Crippen LogP contribution in [-0.2, 0) is 19.6 Å². The molecular formula is C13H25N3O4S. The van der Waals surface area contributed by atoms with Crippen molar-refractivity contribution < 1.29 is 17.9 Å². The predicted molar refractivity (Wildman–Crippen MR) is 79.3 cm³/mol. The first kappa shape index (κ1) is 16.7. The number of ether oxygens (including phenoxy) is 1. The van der Waals surface area contributed by atoms with Gasteiger partial charge in [-0.1, -0.05) is 0 Å². The minimum Gasteiger partial charge on any atom is -0.378 e. The number of sulfonamides is 1. The van der Waals surface area contributed by atoms with Crippen molar-refractivity contribution in [1.82, 2.24) is 14.9 Å². The van der Waals surface area contributed by atoms with Gasteiger partial charge in [-0.2, -0.15) is 0 Å². The predicted octanol–water partition coefficient (Wildman–Crippen LogP) is -0.991. The van der Waals surface area contributed by atoms with E-state index in [-0.39, 0.29) is 30.9 Å². The molecule has 2 fully saturated rings. The zero-order chi connectivity index (χ0) is 15.5. The lowest BCUT2D eigenvalue weighted by molar-refractivity contribution is -0.129. The minimum absolute atomic E-state index is 0.000508. The zero-order valence-electron chi connectivity index (χ0n) is 12.7. The Morgan fingerprint density at radius 3 is 2.52 bits per heavy atom. The summed E-state index contributed by atoms with van der Waals surface area (Å²) in [6.07, 6.45) is -0.000508. The molecule has 2 N–H and O–H groups in total. The number of likely N-dealkylation sites (tertiary alicyclic amines) is 1. The number of carbonyl (C=O) groups excluding carboxylic acids is 1. The first-order valence-corrected chi connectivity index (χ1v) is 9.10. The monoisotopic (exact) mass is 319 g/mol. The van der Waals surface area contributed by atoms with Gasteiger partial charge in [0.1, 0.15) is 0 Å². The maximum Gasteiger partial charge on any atom is 0.237 e. The third kappa shape index (κ3) is 4.91. The van der Waals surface area contributed by atoms with Crippen molar-refractivity contribution in [3.63, 3.8) is 0 Å². The van der Waals surface area contributed by atoms with Gasteiger partial charge >= 0.3 is 0 Å². The first-order chi connectivity index (χ1) is 9.87. The van der Waals surface area contributed by atoms with Gasteiger partial charge in [-0.15, -0.1) is 0 Å². The number of carbonyl (C=O) groups is 1. The van der Waals surface area contributed by atoms with Crippen LogP contribution in [0.3, 0.4) is 0 Å². The third-order valence-corrected chi connectivity index (χ3v) is 5.28. The number of rotatable bonds is 7. The summed E-state index contributed by atoms with van der Waals surface area (Å²) in [6.45, 7) is 7.05. The Balaban J connectivity index is 1.71. The second-order valence-corrected chi connectivity index (χ2v) is 7.96. The van der Waals surface area contributed by atoms with Crippen molar-refractivity contribution in [3.05, 3.63) is 0 Å². The van der Waals surface area contributed by atoms with E-state index < -0.39 is 10.0 Å². The minimum atomic E-state index is -3.46. The van der Waals surface area contributed by atoms with Gasteiger partial charge in [-0.05, 0) is 25.7 Å². The third-order valence-electron chi connectivity index (χ3n) is 3.99. The van der Waals surface area contributed by atoms with Crippen LogP contribution in [0.2, 0.25) is 0 Å². The van der Waals surface area contributed by atoms with Gasteiger partial charge < -0.3 is 15.0 Å².